The van der Waals surface area contributed by atoms with Crippen molar-refractivity contribution >= 4 is 60.1 Å². The Hall–Kier alpha value is -4.70. The SMILES string of the molecule is [Pt].[c-]1c(N2C=CN(c3ccccc3)[CH-]2)cccc1N(c1ccccc1)c1cccc(-c2[c-]ccc3c2sc2ccccc23)n1. The molecule has 6 heteroatoms. The molecule has 2 aromatic heterocycles. The summed E-state index contributed by atoms with van der Waals surface area (Å²) >= 11 is 1.79. The van der Waals surface area contributed by atoms with Crippen molar-refractivity contribution < 1.29 is 21.1 Å². The summed E-state index contributed by atoms with van der Waals surface area (Å²) in [4.78, 5) is 11.6. The van der Waals surface area contributed by atoms with E-state index in [0.717, 1.165) is 39.8 Å². The fourth-order valence-electron chi connectivity index (χ4n) is 5.52. The predicted molar refractivity (Wildman–Crippen MR) is 180 cm³/mol. The molecule has 0 saturated carbocycles. The van der Waals surface area contributed by atoms with E-state index >= 15 is 0 Å². The van der Waals surface area contributed by atoms with Crippen LogP contribution in [-0.4, -0.2) is 4.98 Å². The van der Waals surface area contributed by atoms with Crippen LogP contribution < -0.4 is 14.7 Å². The number of rotatable bonds is 6. The van der Waals surface area contributed by atoms with Gasteiger partial charge in [0.2, 0.25) is 0 Å². The summed E-state index contributed by atoms with van der Waals surface area (Å²) < 4.78 is 2.47. The molecule has 1 aliphatic heterocycles. The molecular formula is C38H25N4PtS-3. The molecule has 0 bridgehead atoms. The van der Waals surface area contributed by atoms with Crippen LogP contribution in [0.2, 0.25) is 0 Å². The number of aromatic nitrogens is 1. The third-order valence-electron chi connectivity index (χ3n) is 7.55. The van der Waals surface area contributed by atoms with Crippen LogP contribution in [0.25, 0.3) is 31.4 Å². The molecule has 8 rings (SSSR count). The van der Waals surface area contributed by atoms with E-state index in [0.29, 0.717) is 0 Å². The largest absolute Gasteiger partial charge is 0.500 e. The van der Waals surface area contributed by atoms with E-state index in [1.165, 1.54) is 20.2 Å². The van der Waals surface area contributed by atoms with Crippen molar-refractivity contribution in [1.29, 1.82) is 0 Å². The van der Waals surface area contributed by atoms with Crippen molar-refractivity contribution in [2.45, 2.75) is 0 Å². The zero-order valence-electron chi connectivity index (χ0n) is 23.4. The molecule has 0 amide bonds. The van der Waals surface area contributed by atoms with Gasteiger partial charge in [0, 0.05) is 37.1 Å². The molecule has 5 aromatic carbocycles. The molecule has 4 nitrogen and oxygen atoms in total. The van der Waals surface area contributed by atoms with Crippen LogP contribution in [0.5, 0.6) is 0 Å². The van der Waals surface area contributed by atoms with Crippen LogP contribution in [0.1, 0.15) is 0 Å². The minimum atomic E-state index is 0. The summed E-state index contributed by atoms with van der Waals surface area (Å²) in [5.74, 6) is 0.815. The number of fused-ring (bicyclic) bond motifs is 3. The zero-order valence-corrected chi connectivity index (χ0v) is 26.5. The molecule has 1 aliphatic rings. The van der Waals surface area contributed by atoms with Crippen LogP contribution in [0, 0.1) is 18.8 Å². The number of anilines is 5. The van der Waals surface area contributed by atoms with E-state index in [2.05, 4.69) is 149 Å². The second kappa shape index (κ2) is 12.1. The van der Waals surface area contributed by atoms with Gasteiger partial charge in [0.15, 0.2) is 0 Å². The van der Waals surface area contributed by atoms with E-state index < -0.39 is 0 Å². The van der Waals surface area contributed by atoms with Crippen LogP contribution >= 0.6 is 11.3 Å². The molecule has 0 atom stereocenters. The number of thiophene rings is 1. The summed E-state index contributed by atoms with van der Waals surface area (Å²) in [5.41, 5.74) is 5.86. The zero-order chi connectivity index (χ0) is 28.6. The molecule has 216 valence electrons. The van der Waals surface area contributed by atoms with E-state index in [1.54, 1.807) is 11.3 Å². The molecule has 0 radical (unpaired) electrons. The Morgan fingerprint density at radius 3 is 2.30 bits per heavy atom. The Balaban J connectivity index is 0.00000312. The van der Waals surface area contributed by atoms with Crippen LogP contribution in [0.15, 0.2) is 146 Å². The van der Waals surface area contributed by atoms with Gasteiger partial charge in [-0.3, -0.25) is 4.98 Å². The summed E-state index contributed by atoms with van der Waals surface area (Å²) in [6.07, 6.45) is 4.11. The van der Waals surface area contributed by atoms with E-state index in [9.17, 15) is 0 Å². The fraction of sp³-hybridized carbons (Fsp3) is 0. The Bertz CT molecular complexity index is 2090. The monoisotopic (exact) mass is 764 g/mol. The molecule has 0 N–H and O–H groups in total. The Labute approximate surface area is 275 Å². The Morgan fingerprint density at radius 2 is 1.43 bits per heavy atom. The molecule has 7 aromatic rings. The van der Waals surface area contributed by atoms with Crippen molar-refractivity contribution in [3.8, 4) is 11.3 Å². The van der Waals surface area contributed by atoms with Gasteiger partial charge in [0.25, 0.3) is 0 Å². The topological polar surface area (TPSA) is 22.6 Å². The van der Waals surface area contributed by atoms with Gasteiger partial charge in [0.05, 0.1) is 0 Å². The molecule has 0 aliphatic carbocycles. The van der Waals surface area contributed by atoms with Gasteiger partial charge in [-0.15, -0.1) is 54.3 Å². The van der Waals surface area contributed by atoms with Gasteiger partial charge in [-0.1, -0.05) is 77.8 Å². The second-order valence-corrected chi connectivity index (χ2v) is 11.3. The summed E-state index contributed by atoms with van der Waals surface area (Å²) in [6, 6.07) is 53.0. The van der Waals surface area contributed by atoms with Crippen molar-refractivity contribution in [3.05, 3.63) is 165 Å². The number of hydrogen-bond acceptors (Lipinski definition) is 5. The van der Waals surface area contributed by atoms with Gasteiger partial charge in [-0.25, -0.2) is 0 Å². The molecular weight excluding hydrogens is 740 g/mol. The van der Waals surface area contributed by atoms with Gasteiger partial charge >= 0.3 is 0 Å². The second-order valence-electron chi connectivity index (χ2n) is 10.2. The van der Waals surface area contributed by atoms with E-state index in [4.69, 9.17) is 4.98 Å². The first-order valence-electron chi connectivity index (χ1n) is 14.1. The quantitative estimate of drug-likeness (QED) is 0.157. The molecule has 3 heterocycles. The maximum atomic E-state index is 5.23. The maximum Gasteiger partial charge on any atom is 0.126 e. The van der Waals surface area contributed by atoms with Crippen molar-refractivity contribution in [3.63, 3.8) is 0 Å². The van der Waals surface area contributed by atoms with Gasteiger partial charge < -0.3 is 14.7 Å². The third-order valence-corrected chi connectivity index (χ3v) is 8.75. The molecule has 0 spiro atoms. The predicted octanol–water partition coefficient (Wildman–Crippen LogP) is 10.1. The summed E-state index contributed by atoms with van der Waals surface area (Å²) in [7, 11) is 0. The molecule has 0 saturated heterocycles. The number of pyridine rings is 1. The van der Waals surface area contributed by atoms with E-state index in [-0.39, 0.29) is 21.1 Å². The number of hydrogen-bond donors (Lipinski definition) is 0. The number of benzene rings is 5. The first kappa shape index (κ1) is 28.1. The molecule has 0 unspecified atom stereocenters. The van der Waals surface area contributed by atoms with Crippen molar-refractivity contribution in [2.75, 3.05) is 14.7 Å². The smallest absolute Gasteiger partial charge is 0.126 e. The average molecular weight is 765 g/mol. The number of para-hydroxylation sites is 2. The number of nitrogens with zero attached hydrogens (tertiary/aromatic N) is 4. The van der Waals surface area contributed by atoms with Crippen LogP contribution in [0.4, 0.5) is 28.6 Å². The van der Waals surface area contributed by atoms with Gasteiger partial charge in [-0.05, 0) is 64.6 Å². The first-order chi connectivity index (χ1) is 21.3. The maximum absolute atomic E-state index is 5.23. The van der Waals surface area contributed by atoms with Crippen LogP contribution in [-0.2, 0) is 21.1 Å². The molecule has 0 fully saturated rings. The normalized spacial score (nSPS) is 12.5. The Morgan fingerprint density at radius 1 is 0.682 bits per heavy atom. The Kier molecular flexibility index (Phi) is 7.74. The summed E-state index contributed by atoms with van der Waals surface area (Å²) in [6.45, 7) is 2.07. The average Bonchev–Trinajstić information content (AvgIpc) is 3.72. The fourth-order valence-corrected chi connectivity index (χ4v) is 6.72. The van der Waals surface area contributed by atoms with E-state index in [1.807, 2.05) is 30.3 Å². The van der Waals surface area contributed by atoms with Crippen molar-refractivity contribution in [2.24, 2.45) is 0 Å². The van der Waals surface area contributed by atoms with Gasteiger partial charge in [-0.2, -0.15) is 17.4 Å². The van der Waals surface area contributed by atoms with Gasteiger partial charge in [0.1, 0.15) is 5.82 Å². The summed E-state index contributed by atoms with van der Waals surface area (Å²) in [5, 5.41) is 2.51. The minimum absolute atomic E-state index is 0. The molecule has 44 heavy (non-hydrogen) atoms. The minimum Gasteiger partial charge on any atom is -0.500 e. The van der Waals surface area contributed by atoms with Crippen molar-refractivity contribution in [1.82, 2.24) is 4.98 Å². The standard InChI is InChI=1S/C38H25N4S.Pt/c1-3-12-28(13-4-1)40-24-25-41(27-40)30-16-9-17-31(26-30)42(29-14-5-2-6-15-29)37-23-11-21-35(39-37)34-20-10-19-33-32-18-7-8-22-36(32)43-38(33)34;/h1-19,21-25,27H;/q-3;. The first-order valence-corrected chi connectivity index (χ1v) is 15.0. The third kappa shape index (κ3) is 5.19. The van der Waals surface area contributed by atoms with Crippen LogP contribution in [0.3, 0.4) is 0 Å².